The molecule has 1 N–H and O–H groups in total. The summed E-state index contributed by atoms with van der Waals surface area (Å²) in [5.74, 6) is 0.390. The van der Waals surface area contributed by atoms with Gasteiger partial charge in [0.15, 0.2) is 4.67 Å². The van der Waals surface area contributed by atoms with Crippen molar-refractivity contribution in [2.24, 2.45) is 5.92 Å². The Morgan fingerprint density at radius 3 is 2.89 bits per heavy atom. The lowest BCUT2D eigenvalue weighted by Crippen LogP contribution is -2.34. The molecule has 1 unspecified atom stereocenters. The lowest BCUT2D eigenvalue weighted by Gasteiger charge is -2.20. The molecule has 1 amide bonds. The third-order valence-electron chi connectivity index (χ3n) is 3.24. The van der Waals surface area contributed by atoms with Crippen LogP contribution in [0.15, 0.2) is 21.4 Å². The van der Waals surface area contributed by atoms with Crippen LogP contribution in [0.2, 0.25) is 0 Å². The summed E-state index contributed by atoms with van der Waals surface area (Å²) >= 11 is 3.21. The Labute approximate surface area is 116 Å². The van der Waals surface area contributed by atoms with Crippen LogP contribution in [0.25, 0.3) is 0 Å². The number of carbonyl (C=O) groups is 1. The van der Waals surface area contributed by atoms with E-state index in [-0.39, 0.29) is 5.91 Å². The van der Waals surface area contributed by atoms with Crippen LogP contribution in [0.5, 0.6) is 0 Å². The van der Waals surface area contributed by atoms with Crippen molar-refractivity contribution in [3.63, 3.8) is 0 Å². The Bertz CT molecular complexity index is 399. The molecule has 1 aliphatic heterocycles. The molecule has 0 radical (unpaired) electrons. The number of nitrogens with zero attached hydrogens (tertiary/aromatic N) is 1. The molecule has 100 valence electrons. The van der Waals surface area contributed by atoms with Crippen LogP contribution in [0, 0.1) is 5.92 Å². The van der Waals surface area contributed by atoms with Gasteiger partial charge in [0.2, 0.25) is 0 Å². The maximum Gasteiger partial charge on any atom is 0.255 e. The molecule has 1 aromatic heterocycles. The number of rotatable bonds is 5. The lowest BCUT2D eigenvalue weighted by molar-refractivity contribution is 0.0943. The fraction of sp³-hybridized carbons (Fsp3) is 0.615. The maximum absolute atomic E-state index is 11.9. The van der Waals surface area contributed by atoms with E-state index in [4.69, 9.17) is 4.42 Å². The van der Waals surface area contributed by atoms with Crippen LogP contribution >= 0.6 is 15.9 Å². The number of hydrogen-bond donors (Lipinski definition) is 1. The van der Waals surface area contributed by atoms with Crippen molar-refractivity contribution < 1.29 is 9.21 Å². The third kappa shape index (κ3) is 3.59. The molecule has 1 aliphatic rings. The SMILES string of the molecule is CC(CNC(=O)c1ccoc1Br)CN1CCCC1. The summed E-state index contributed by atoms with van der Waals surface area (Å²) in [6.07, 6.45) is 4.12. The highest BCUT2D eigenvalue weighted by molar-refractivity contribution is 9.10. The largest absolute Gasteiger partial charge is 0.457 e. The summed E-state index contributed by atoms with van der Waals surface area (Å²) in [5, 5.41) is 2.94. The van der Waals surface area contributed by atoms with Crippen molar-refractivity contribution in [2.45, 2.75) is 19.8 Å². The number of furan rings is 1. The summed E-state index contributed by atoms with van der Waals surface area (Å²) in [7, 11) is 0. The Kier molecular flexibility index (Phi) is 4.83. The average Bonchev–Trinajstić information content (AvgIpc) is 2.97. The zero-order valence-corrected chi connectivity index (χ0v) is 12.2. The van der Waals surface area contributed by atoms with Crippen LogP contribution in [0.4, 0.5) is 0 Å². The van der Waals surface area contributed by atoms with Gasteiger partial charge in [-0.05, 0) is 53.8 Å². The predicted octanol–water partition coefficient (Wildman–Crippen LogP) is 2.50. The summed E-state index contributed by atoms with van der Waals surface area (Å²) in [6.45, 7) is 6.33. The zero-order valence-electron chi connectivity index (χ0n) is 10.6. The van der Waals surface area contributed by atoms with E-state index in [2.05, 4.69) is 33.1 Å². The highest BCUT2D eigenvalue weighted by Crippen LogP contribution is 2.17. The van der Waals surface area contributed by atoms with Crippen molar-refractivity contribution >= 4 is 21.8 Å². The Morgan fingerprint density at radius 2 is 2.28 bits per heavy atom. The van der Waals surface area contributed by atoms with E-state index >= 15 is 0 Å². The lowest BCUT2D eigenvalue weighted by atomic mass is 10.1. The first-order chi connectivity index (χ1) is 8.66. The minimum Gasteiger partial charge on any atom is -0.457 e. The van der Waals surface area contributed by atoms with E-state index in [1.165, 1.54) is 32.2 Å². The topological polar surface area (TPSA) is 45.5 Å². The summed E-state index contributed by atoms with van der Waals surface area (Å²) in [4.78, 5) is 14.3. The first kappa shape index (κ1) is 13.6. The van der Waals surface area contributed by atoms with Gasteiger partial charge >= 0.3 is 0 Å². The second-order valence-corrected chi connectivity index (χ2v) is 5.65. The molecule has 0 aromatic carbocycles. The highest BCUT2D eigenvalue weighted by Gasteiger charge is 2.16. The van der Waals surface area contributed by atoms with E-state index in [0.29, 0.717) is 22.7 Å². The molecule has 5 heteroatoms. The molecule has 1 atom stereocenters. The molecular formula is C13H19BrN2O2. The van der Waals surface area contributed by atoms with Gasteiger partial charge < -0.3 is 14.6 Å². The van der Waals surface area contributed by atoms with Crippen molar-refractivity contribution in [1.29, 1.82) is 0 Å². The number of carbonyl (C=O) groups excluding carboxylic acids is 1. The third-order valence-corrected chi connectivity index (χ3v) is 3.86. The molecule has 1 saturated heterocycles. The van der Waals surface area contributed by atoms with E-state index in [1.807, 2.05) is 0 Å². The van der Waals surface area contributed by atoms with Crippen LogP contribution < -0.4 is 5.32 Å². The van der Waals surface area contributed by atoms with Gasteiger partial charge in [-0.15, -0.1) is 0 Å². The molecular weight excluding hydrogens is 296 g/mol. The molecule has 0 saturated carbocycles. The molecule has 1 fully saturated rings. The van der Waals surface area contributed by atoms with Gasteiger partial charge in [-0.2, -0.15) is 0 Å². The van der Waals surface area contributed by atoms with Crippen molar-refractivity contribution in [1.82, 2.24) is 10.2 Å². The van der Waals surface area contributed by atoms with Gasteiger partial charge in [0.25, 0.3) is 5.91 Å². The molecule has 0 aliphatic carbocycles. The number of likely N-dealkylation sites (tertiary alicyclic amines) is 1. The highest BCUT2D eigenvalue weighted by atomic mass is 79.9. The van der Waals surface area contributed by atoms with Crippen molar-refractivity contribution in [2.75, 3.05) is 26.2 Å². The molecule has 4 nitrogen and oxygen atoms in total. The van der Waals surface area contributed by atoms with Gasteiger partial charge in [-0.3, -0.25) is 4.79 Å². The fourth-order valence-electron chi connectivity index (χ4n) is 2.29. The molecule has 2 rings (SSSR count). The van der Waals surface area contributed by atoms with E-state index in [0.717, 1.165) is 6.54 Å². The molecule has 2 heterocycles. The predicted molar refractivity (Wildman–Crippen MR) is 73.6 cm³/mol. The van der Waals surface area contributed by atoms with Crippen LogP contribution in [-0.4, -0.2) is 37.0 Å². The first-order valence-electron chi connectivity index (χ1n) is 6.40. The summed E-state index contributed by atoms with van der Waals surface area (Å²) in [5.41, 5.74) is 0.559. The zero-order chi connectivity index (χ0) is 13.0. The van der Waals surface area contributed by atoms with Crippen LogP contribution in [0.1, 0.15) is 30.1 Å². The minimum absolute atomic E-state index is 0.0797. The van der Waals surface area contributed by atoms with Gasteiger partial charge in [-0.25, -0.2) is 0 Å². The average molecular weight is 315 g/mol. The van der Waals surface area contributed by atoms with E-state index < -0.39 is 0 Å². The van der Waals surface area contributed by atoms with E-state index in [9.17, 15) is 4.79 Å². The number of amides is 1. The normalized spacial score (nSPS) is 17.9. The van der Waals surface area contributed by atoms with Crippen molar-refractivity contribution in [3.05, 3.63) is 22.6 Å². The van der Waals surface area contributed by atoms with Crippen LogP contribution in [0.3, 0.4) is 0 Å². The molecule has 0 spiro atoms. The Balaban J connectivity index is 1.73. The second kappa shape index (κ2) is 6.38. The van der Waals surface area contributed by atoms with Gasteiger partial charge in [-0.1, -0.05) is 6.92 Å². The molecule has 0 bridgehead atoms. The summed E-state index contributed by atoms with van der Waals surface area (Å²) < 4.78 is 5.54. The number of halogens is 1. The van der Waals surface area contributed by atoms with Crippen LogP contribution in [-0.2, 0) is 0 Å². The monoisotopic (exact) mass is 314 g/mol. The van der Waals surface area contributed by atoms with E-state index in [1.54, 1.807) is 6.07 Å². The number of nitrogens with one attached hydrogen (secondary N) is 1. The van der Waals surface area contributed by atoms with Gasteiger partial charge in [0.05, 0.1) is 11.8 Å². The summed E-state index contributed by atoms with van der Waals surface area (Å²) in [6, 6.07) is 1.67. The first-order valence-corrected chi connectivity index (χ1v) is 7.19. The quantitative estimate of drug-likeness (QED) is 0.908. The standard InChI is InChI=1S/C13H19BrN2O2/c1-10(9-16-5-2-3-6-16)8-15-13(17)11-4-7-18-12(11)14/h4,7,10H,2-3,5-6,8-9H2,1H3,(H,15,17). The maximum atomic E-state index is 11.9. The fourth-order valence-corrected chi connectivity index (χ4v) is 2.71. The van der Waals surface area contributed by atoms with Gasteiger partial charge in [0.1, 0.15) is 0 Å². The van der Waals surface area contributed by atoms with Gasteiger partial charge in [0, 0.05) is 13.1 Å². The smallest absolute Gasteiger partial charge is 0.255 e. The molecule has 18 heavy (non-hydrogen) atoms. The minimum atomic E-state index is -0.0797. The number of hydrogen-bond acceptors (Lipinski definition) is 3. The Hall–Kier alpha value is -0.810. The second-order valence-electron chi connectivity index (χ2n) is 4.93. The van der Waals surface area contributed by atoms with Crippen molar-refractivity contribution in [3.8, 4) is 0 Å². The Morgan fingerprint density at radius 1 is 1.56 bits per heavy atom. The molecule has 1 aromatic rings.